The molecule has 7 heteroatoms. The van der Waals surface area contributed by atoms with Crippen molar-refractivity contribution >= 4 is 17.8 Å². The van der Waals surface area contributed by atoms with Crippen molar-refractivity contribution in [2.45, 2.75) is 51.2 Å². The van der Waals surface area contributed by atoms with Crippen LogP contribution in [0.2, 0.25) is 0 Å². The van der Waals surface area contributed by atoms with Crippen LogP contribution in [0.3, 0.4) is 0 Å². The molecule has 7 nitrogen and oxygen atoms in total. The van der Waals surface area contributed by atoms with Gasteiger partial charge >= 0.3 is 5.97 Å². The molecule has 0 bridgehead atoms. The lowest BCUT2D eigenvalue weighted by Gasteiger charge is -2.24. The van der Waals surface area contributed by atoms with Crippen molar-refractivity contribution in [1.82, 2.24) is 10.6 Å². The Morgan fingerprint density at radius 3 is 1.77 bits per heavy atom. The Morgan fingerprint density at radius 2 is 1.29 bits per heavy atom. The van der Waals surface area contributed by atoms with E-state index in [1.165, 1.54) is 0 Å². The molecule has 2 amide bonds. The highest BCUT2D eigenvalue weighted by Gasteiger charge is 2.28. The first-order valence-electron chi connectivity index (χ1n) is 10.4. The molecule has 0 unspecified atom stereocenters. The lowest BCUT2D eigenvalue weighted by Crippen LogP contribution is -2.55. The Kier molecular flexibility index (Phi) is 9.21. The van der Waals surface area contributed by atoms with E-state index in [0.717, 1.165) is 11.1 Å². The SMILES string of the molecule is CC(C)C[C@H](NC(=O)[C@H](N)Cc1ccccc1)C(=O)N[C@H](Cc1ccccc1)C(=O)O. The Hall–Kier alpha value is -3.19. The second kappa shape index (κ2) is 11.9. The van der Waals surface area contributed by atoms with Gasteiger partial charge in [-0.05, 0) is 29.9 Å². The summed E-state index contributed by atoms with van der Waals surface area (Å²) >= 11 is 0. The van der Waals surface area contributed by atoms with Gasteiger partial charge in [-0.3, -0.25) is 9.59 Å². The maximum Gasteiger partial charge on any atom is 0.326 e. The number of nitrogens with one attached hydrogen (secondary N) is 2. The zero-order chi connectivity index (χ0) is 22.8. The molecule has 0 saturated heterocycles. The van der Waals surface area contributed by atoms with Crippen LogP contribution in [0.25, 0.3) is 0 Å². The van der Waals surface area contributed by atoms with Crippen molar-refractivity contribution in [2.24, 2.45) is 11.7 Å². The Bertz CT molecular complexity index is 856. The quantitative estimate of drug-likeness (QED) is 0.438. The molecule has 31 heavy (non-hydrogen) atoms. The summed E-state index contributed by atoms with van der Waals surface area (Å²) in [6, 6.07) is 15.7. The van der Waals surface area contributed by atoms with Gasteiger partial charge in [0.25, 0.3) is 0 Å². The predicted octanol–water partition coefficient (Wildman–Crippen LogP) is 1.90. The summed E-state index contributed by atoms with van der Waals surface area (Å²) < 4.78 is 0. The van der Waals surface area contributed by atoms with Gasteiger partial charge in [-0.25, -0.2) is 4.79 Å². The molecular formula is C24H31N3O4. The van der Waals surface area contributed by atoms with Crippen molar-refractivity contribution in [3.05, 3.63) is 71.8 Å². The molecule has 0 aliphatic heterocycles. The number of carbonyl (C=O) groups excluding carboxylic acids is 2. The topological polar surface area (TPSA) is 122 Å². The highest BCUT2D eigenvalue weighted by atomic mass is 16.4. The molecule has 3 atom stereocenters. The predicted molar refractivity (Wildman–Crippen MR) is 119 cm³/mol. The van der Waals surface area contributed by atoms with Gasteiger partial charge in [0.05, 0.1) is 6.04 Å². The van der Waals surface area contributed by atoms with Crippen LogP contribution in [-0.2, 0) is 27.2 Å². The van der Waals surface area contributed by atoms with E-state index in [-0.39, 0.29) is 12.3 Å². The fourth-order valence-corrected chi connectivity index (χ4v) is 3.26. The van der Waals surface area contributed by atoms with E-state index >= 15 is 0 Å². The number of amides is 2. The summed E-state index contributed by atoms with van der Waals surface area (Å²) in [6.07, 6.45) is 0.861. The van der Waals surface area contributed by atoms with Gasteiger partial charge in [-0.2, -0.15) is 0 Å². The van der Waals surface area contributed by atoms with Crippen molar-refractivity contribution in [3.63, 3.8) is 0 Å². The standard InChI is InChI=1S/C24H31N3O4/c1-16(2)13-20(26-22(28)19(25)14-17-9-5-3-6-10-17)23(29)27-21(24(30)31)15-18-11-7-4-8-12-18/h3-12,16,19-21H,13-15,25H2,1-2H3,(H,26,28)(H,27,29)(H,30,31)/t19-,20+,21-/m1/s1. The van der Waals surface area contributed by atoms with Gasteiger partial charge in [0.1, 0.15) is 12.1 Å². The highest BCUT2D eigenvalue weighted by molar-refractivity contribution is 5.91. The molecule has 5 N–H and O–H groups in total. The number of aliphatic carboxylic acids is 1. The van der Waals surface area contributed by atoms with Crippen LogP contribution in [0.15, 0.2) is 60.7 Å². The lowest BCUT2D eigenvalue weighted by molar-refractivity contribution is -0.142. The molecule has 2 rings (SSSR count). The minimum Gasteiger partial charge on any atom is -0.480 e. The van der Waals surface area contributed by atoms with Crippen molar-refractivity contribution in [1.29, 1.82) is 0 Å². The molecule has 0 aliphatic carbocycles. The van der Waals surface area contributed by atoms with Crippen LogP contribution >= 0.6 is 0 Å². The van der Waals surface area contributed by atoms with Gasteiger partial charge in [0.2, 0.25) is 11.8 Å². The highest BCUT2D eigenvalue weighted by Crippen LogP contribution is 2.09. The average molecular weight is 426 g/mol. The van der Waals surface area contributed by atoms with Crippen molar-refractivity contribution in [2.75, 3.05) is 0 Å². The van der Waals surface area contributed by atoms with Crippen LogP contribution in [0, 0.1) is 5.92 Å². The summed E-state index contributed by atoms with van der Waals surface area (Å²) in [5.74, 6) is -2.00. The van der Waals surface area contributed by atoms with Crippen molar-refractivity contribution < 1.29 is 19.5 Å². The number of nitrogens with two attached hydrogens (primary N) is 1. The van der Waals surface area contributed by atoms with E-state index in [1.807, 2.05) is 62.4 Å². The van der Waals surface area contributed by atoms with Crippen LogP contribution < -0.4 is 16.4 Å². The van der Waals surface area contributed by atoms with E-state index in [4.69, 9.17) is 5.73 Å². The Balaban J connectivity index is 2.04. The lowest BCUT2D eigenvalue weighted by atomic mass is 10.0. The first kappa shape index (κ1) is 24.1. The largest absolute Gasteiger partial charge is 0.480 e. The van der Waals surface area contributed by atoms with E-state index in [1.54, 1.807) is 12.1 Å². The molecule has 2 aromatic carbocycles. The monoisotopic (exact) mass is 425 g/mol. The Labute approximate surface area is 183 Å². The van der Waals surface area contributed by atoms with Crippen molar-refractivity contribution in [3.8, 4) is 0 Å². The first-order chi connectivity index (χ1) is 14.8. The van der Waals surface area contributed by atoms with E-state index in [0.29, 0.717) is 12.8 Å². The molecule has 0 radical (unpaired) electrons. The van der Waals surface area contributed by atoms with E-state index < -0.39 is 35.9 Å². The number of hydrogen-bond acceptors (Lipinski definition) is 4. The van der Waals surface area contributed by atoms with Crippen LogP contribution in [-0.4, -0.2) is 41.0 Å². The van der Waals surface area contributed by atoms with Crippen LogP contribution in [0.5, 0.6) is 0 Å². The summed E-state index contributed by atoms with van der Waals surface area (Å²) in [7, 11) is 0. The fourth-order valence-electron chi connectivity index (χ4n) is 3.26. The molecule has 166 valence electrons. The number of carbonyl (C=O) groups is 3. The maximum atomic E-state index is 12.9. The molecule has 0 heterocycles. The number of carboxylic acid groups (broad SMARTS) is 1. The maximum absolute atomic E-state index is 12.9. The molecule has 0 saturated carbocycles. The van der Waals surface area contributed by atoms with Gasteiger partial charge in [0.15, 0.2) is 0 Å². The molecule has 0 aromatic heterocycles. The number of benzene rings is 2. The van der Waals surface area contributed by atoms with Gasteiger partial charge in [0, 0.05) is 6.42 Å². The third-order valence-electron chi connectivity index (χ3n) is 4.87. The molecule has 2 aromatic rings. The van der Waals surface area contributed by atoms with Gasteiger partial charge < -0.3 is 21.5 Å². The summed E-state index contributed by atoms with van der Waals surface area (Å²) in [5.41, 5.74) is 7.76. The Morgan fingerprint density at radius 1 is 0.806 bits per heavy atom. The first-order valence-corrected chi connectivity index (χ1v) is 10.4. The summed E-state index contributed by atoms with van der Waals surface area (Å²) in [4.78, 5) is 37.2. The fraction of sp³-hybridized carbons (Fsp3) is 0.375. The zero-order valence-corrected chi connectivity index (χ0v) is 18.0. The van der Waals surface area contributed by atoms with Gasteiger partial charge in [-0.15, -0.1) is 0 Å². The number of rotatable bonds is 11. The minimum atomic E-state index is -1.13. The second-order valence-electron chi connectivity index (χ2n) is 8.08. The summed E-state index contributed by atoms with van der Waals surface area (Å²) in [6.45, 7) is 3.85. The van der Waals surface area contributed by atoms with Crippen LogP contribution in [0.4, 0.5) is 0 Å². The van der Waals surface area contributed by atoms with Gasteiger partial charge in [-0.1, -0.05) is 74.5 Å². The number of carboxylic acids is 1. The molecule has 0 spiro atoms. The zero-order valence-electron chi connectivity index (χ0n) is 18.0. The third kappa shape index (κ3) is 8.22. The van der Waals surface area contributed by atoms with E-state index in [9.17, 15) is 19.5 Å². The average Bonchev–Trinajstić information content (AvgIpc) is 2.73. The third-order valence-corrected chi connectivity index (χ3v) is 4.87. The normalized spacial score (nSPS) is 13.8. The molecule has 0 fully saturated rings. The second-order valence-corrected chi connectivity index (χ2v) is 8.08. The smallest absolute Gasteiger partial charge is 0.326 e. The number of hydrogen-bond donors (Lipinski definition) is 4. The minimum absolute atomic E-state index is 0.110. The molecular weight excluding hydrogens is 394 g/mol. The summed E-state index contributed by atoms with van der Waals surface area (Å²) in [5, 5.41) is 14.8. The van der Waals surface area contributed by atoms with E-state index in [2.05, 4.69) is 10.6 Å². The van der Waals surface area contributed by atoms with Crippen LogP contribution in [0.1, 0.15) is 31.4 Å². The molecule has 0 aliphatic rings.